The van der Waals surface area contributed by atoms with E-state index in [-0.39, 0.29) is 5.91 Å². The second-order valence-corrected chi connectivity index (χ2v) is 9.83. The van der Waals surface area contributed by atoms with Crippen molar-refractivity contribution in [2.24, 2.45) is 0 Å². The summed E-state index contributed by atoms with van der Waals surface area (Å²) in [6, 6.07) is 7.82. The van der Waals surface area contributed by atoms with Crippen LogP contribution < -0.4 is 15.5 Å². The Hall–Kier alpha value is -3.47. The summed E-state index contributed by atoms with van der Waals surface area (Å²) in [5, 5.41) is 19.4. The number of amides is 1. The zero-order chi connectivity index (χ0) is 22.6. The molecule has 0 spiro atoms. The maximum absolute atomic E-state index is 13.3. The fourth-order valence-corrected chi connectivity index (χ4v) is 5.10. The Balaban J connectivity index is 1.32. The van der Waals surface area contributed by atoms with Crippen LogP contribution in [0.5, 0.6) is 0 Å². The van der Waals surface area contributed by atoms with Gasteiger partial charge in [0.1, 0.15) is 16.1 Å². The Kier molecular flexibility index (Phi) is 4.61. The van der Waals surface area contributed by atoms with Gasteiger partial charge in [-0.2, -0.15) is 14.5 Å². The summed E-state index contributed by atoms with van der Waals surface area (Å²) >= 11 is 1.29. The first-order valence-electron chi connectivity index (χ1n) is 11.2. The normalized spacial score (nSPS) is 20.5. The van der Waals surface area contributed by atoms with Crippen molar-refractivity contribution in [2.75, 3.05) is 22.1 Å². The molecule has 10 nitrogen and oxygen atoms in total. The van der Waals surface area contributed by atoms with Crippen molar-refractivity contribution in [3.63, 3.8) is 0 Å². The molecule has 2 fully saturated rings. The first kappa shape index (κ1) is 20.2. The number of anilines is 4. The van der Waals surface area contributed by atoms with Gasteiger partial charge >= 0.3 is 0 Å². The van der Waals surface area contributed by atoms with Crippen molar-refractivity contribution < 1.29 is 4.79 Å². The zero-order valence-corrected chi connectivity index (χ0v) is 19.3. The van der Waals surface area contributed by atoms with Crippen LogP contribution in [0.1, 0.15) is 49.9 Å². The predicted molar refractivity (Wildman–Crippen MR) is 127 cm³/mol. The number of fused-ring (bicyclic) bond motifs is 1. The van der Waals surface area contributed by atoms with E-state index in [1.165, 1.54) is 24.4 Å². The Morgan fingerprint density at radius 3 is 3.00 bits per heavy atom. The molecule has 4 aromatic heterocycles. The highest BCUT2D eigenvalue weighted by Crippen LogP contribution is 2.40. The smallest absolute Gasteiger partial charge is 0.250 e. The molecule has 0 unspecified atom stereocenters. The highest BCUT2D eigenvalue weighted by Gasteiger charge is 2.45. The maximum Gasteiger partial charge on any atom is 0.250 e. The predicted octanol–water partition coefficient (Wildman–Crippen LogP) is 3.84. The Bertz CT molecular complexity index is 1340. The van der Waals surface area contributed by atoms with E-state index in [0.29, 0.717) is 24.2 Å². The van der Waals surface area contributed by atoms with Crippen molar-refractivity contribution in [1.29, 1.82) is 0 Å². The molecule has 33 heavy (non-hydrogen) atoms. The number of aromatic nitrogens is 6. The molecule has 6 rings (SSSR count). The molecule has 0 radical (unpaired) electrons. The monoisotopic (exact) mass is 463 g/mol. The van der Waals surface area contributed by atoms with E-state index < -0.39 is 5.54 Å². The number of nitrogens with one attached hydrogen (secondary N) is 3. The molecule has 1 aliphatic heterocycles. The van der Waals surface area contributed by atoms with Crippen molar-refractivity contribution in [3.8, 4) is 0 Å². The van der Waals surface area contributed by atoms with Crippen LogP contribution in [0, 0.1) is 6.92 Å². The van der Waals surface area contributed by atoms with E-state index in [0.717, 1.165) is 40.6 Å². The lowest BCUT2D eigenvalue weighted by molar-refractivity contribution is -0.120. The summed E-state index contributed by atoms with van der Waals surface area (Å²) in [6.45, 7) is 4.57. The molecule has 1 atom stereocenters. The largest absolute Gasteiger partial charge is 0.325 e. The van der Waals surface area contributed by atoms with Crippen LogP contribution in [0.3, 0.4) is 0 Å². The molecule has 3 N–H and O–H groups in total. The van der Waals surface area contributed by atoms with Crippen LogP contribution in [-0.4, -0.2) is 47.2 Å². The number of H-pyrrole nitrogens is 1. The maximum atomic E-state index is 13.3. The molecular formula is C22H25N9OS. The van der Waals surface area contributed by atoms with Gasteiger partial charge in [-0.25, -0.2) is 4.52 Å². The molecule has 1 amide bonds. The fourth-order valence-electron chi connectivity index (χ4n) is 4.44. The van der Waals surface area contributed by atoms with Crippen molar-refractivity contribution in [3.05, 3.63) is 41.9 Å². The molecule has 0 aromatic carbocycles. The zero-order valence-electron chi connectivity index (χ0n) is 18.5. The summed E-state index contributed by atoms with van der Waals surface area (Å²) < 4.78 is 6.05. The topological polar surface area (TPSA) is 116 Å². The number of hydrogen-bond acceptors (Lipinski definition) is 8. The standard InChI is InChI=1S/C22H25N9OS/c1-13-11-18(33-29-13)24-20(32)22(2)8-4-9-30(22)21-25-19(16-5-3-10-31(16)28-21)23-17-12-15(26-27-17)14-6-7-14/h3,5,10-12,14H,4,6-9H2,1-2H3,(H,24,32)(H2,23,25,26,27,28)/t22-/m0/s1. The average molecular weight is 464 g/mol. The molecule has 4 aromatic rings. The van der Waals surface area contributed by atoms with Gasteiger partial charge in [0.15, 0.2) is 11.6 Å². The molecule has 1 saturated carbocycles. The fraction of sp³-hybridized carbons (Fsp3) is 0.409. The molecule has 2 aliphatic rings. The summed E-state index contributed by atoms with van der Waals surface area (Å²) in [6.07, 6.45) is 5.90. The van der Waals surface area contributed by atoms with E-state index in [4.69, 9.17) is 10.1 Å². The van der Waals surface area contributed by atoms with E-state index in [1.54, 1.807) is 4.52 Å². The van der Waals surface area contributed by atoms with Crippen molar-refractivity contribution >= 4 is 45.5 Å². The minimum Gasteiger partial charge on any atom is -0.325 e. The number of carbonyl (C=O) groups is 1. The van der Waals surface area contributed by atoms with Gasteiger partial charge in [0.05, 0.1) is 5.69 Å². The summed E-state index contributed by atoms with van der Waals surface area (Å²) in [5.74, 6) is 2.41. The molecule has 5 heterocycles. The lowest BCUT2D eigenvalue weighted by atomic mass is 9.98. The molecule has 1 aliphatic carbocycles. The van der Waals surface area contributed by atoms with Gasteiger partial charge in [-0.15, -0.1) is 5.10 Å². The third kappa shape index (κ3) is 3.62. The van der Waals surface area contributed by atoms with Crippen LogP contribution in [0.25, 0.3) is 5.52 Å². The van der Waals surface area contributed by atoms with Crippen LogP contribution in [0.2, 0.25) is 0 Å². The van der Waals surface area contributed by atoms with Crippen LogP contribution in [0.15, 0.2) is 30.5 Å². The first-order chi connectivity index (χ1) is 16.0. The summed E-state index contributed by atoms with van der Waals surface area (Å²) in [4.78, 5) is 20.2. The number of nitrogens with zero attached hydrogens (tertiary/aromatic N) is 6. The second kappa shape index (κ2) is 7.55. The molecular weight excluding hydrogens is 438 g/mol. The number of rotatable bonds is 6. The van der Waals surface area contributed by atoms with Gasteiger partial charge in [0, 0.05) is 30.4 Å². The van der Waals surface area contributed by atoms with E-state index in [2.05, 4.69) is 25.2 Å². The number of hydrogen-bond donors (Lipinski definition) is 3. The van der Waals surface area contributed by atoms with Crippen molar-refractivity contribution in [2.45, 2.75) is 51.0 Å². The van der Waals surface area contributed by atoms with Crippen LogP contribution >= 0.6 is 11.5 Å². The van der Waals surface area contributed by atoms with Gasteiger partial charge in [-0.05, 0) is 69.3 Å². The van der Waals surface area contributed by atoms with E-state index >= 15 is 0 Å². The molecule has 170 valence electrons. The Morgan fingerprint density at radius 2 is 2.21 bits per heavy atom. The quantitative estimate of drug-likeness (QED) is 0.398. The number of carbonyl (C=O) groups excluding carboxylic acids is 1. The lowest BCUT2D eigenvalue weighted by Crippen LogP contribution is -2.51. The molecule has 0 bridgehead atoms. The number of aryl methyl sites for hydroxylation is 1. The molecule has 11 heteroatoms. The first-order valence-corrected chi connectivity index (χ1v) is 12.0. The lowest BCUT2D eigenvalue weighted by Gasteiger charge is -2.33. The number of aromatic amines is 1. The van der Waals surface area contributed by atoms with E-state index in [9.17, 15) is 4.79 Å². The van der Waals surface area contributed by atoms with Gasteiger partial charge in [0.25, 0.3) is 5.91 Å². The summed E-state index contributed by atoms with van der Waals surface area (Å²) in [7, 11) is 0. The average Bonchev–Trinajstić information content (AvgIpc) is 3.17. The Morgan fingerprint density at radius 1 is 1.33 bits per heavy atom. The third-order valence-corrected chi connectivity index (χ3v) is 7.27. The highest BCUT2D eigenvalue weighted by molar-refractivity contribution is 7.10. The van der Waals surface area contributed by atoms with Gasteiger partial charge in [-0.3, -0.25) is 9.89 Å². The SMILES string of the molecule is Cc1cc(NC(=O)[C@]2(C)CCCN2c2nc(Nc3cc(C4CC4)[nH]n3)c3cccn3n2)sn1. The second-order valence-electron chi connectivity index (χ2n) is 9.02. The van der Waals surface area contributed by atoms with Crippen LogP contribution in [-0.2, 0) is 4.79 Å². The minimum atomic E-state index is -0.762. The van der Waals surface area contributed by atoms with Gasteiger partial charge in [0.2, 0.25) is 5.95 Å². The van der Waals surface area contributed by atoms with Gasteiger partial charge in [-0.1, -0.05) is 0 Å². The van der Waals surface area contributed by atoms with E-state index in [1.807, 2.05) is 49.2 Å². The van der Waals surface area contributed by atoms with Crippen LogP contribution in [0.4, 0.5) is 22.6 Å². The Labute approximate surface area is 194 Å². The summed E-state index contributed by atoms with van der Waals surface area (Å²) in [5.41, 5.74) is 2.13. The minimum absolute atomic E-state index is 0.0734. The van der Waals surface area contributed by atoms with Gasteiger partial charge < -0.3 is 15.5 Å². The van der Waals surface area contributed by atoms with Crippen molar-refractivity contribution in [1.82, 2.24) is 29.2 Å². The third-order valence-electron chi connectivity index (χ3n) is 6.48. The highest BCUT2D eigenvalue weighted by atomic mass is 32.1. The molecule has 1 saturated heterocycles.